The van der Waals surface area contributed by atoms with Crippen molar-refractivity contribution in [2.45, 2.75) is 11.4 Å². The Morgan fingerprint density at radius 2 is 1.67 bits per heavy atom. The van der Waals surface area contributed by atoms with Gasteiger partial charge in [-0.25, -0.2) is 13.1 Å². The van der Waals surface area contributed by atoms with Crippen LogP contribution in [0.1, 0.15) is 5.56 Å². The smallest absolute Gasteiger partial charge is 0.240 e. The molecule has 3 rings (SSSR count). The van der Waals surface area contributed by atoms with E-state index in [1.54, 1.807) is 42.5 Å². The summed E-state index contributed by atoms with van der Waals surface area (Å²) in [6.45, 7) is 1.24. The molecule has 1 aliphatic rings. The van der Waals surface area contributed by atoms with E-state index in [1.807, 2.05) is 6.07 Å². The van der Waals surface area contributed by atoms with Gasteiger partial charge in [0.25, 0.3) is 0 Å². The Bertz CT molecular complexity index is 729. The van der Waals surface area contributed by atoms with Crippen molar-refractivity contribution in [1.82, 2.24) is 4.72 Å². The Hall–Kier alpha value is -2.05. The monoisotopic (exact) mass is 305 g/mol. The van der Waals surface area contributed by atoms with Crippen molar-refractivity contribution < 1.29 is 17.9 Å². The minimum atomic E-state index is -3.50. The quantitative estimate of drug-likeness (QED) is 0.937. The summed E-state index contributed by atoms with van der Waals surface area (Å²) in [5.41, 5.74) is 0.818. The van der Waals surface area contributed by atoms with Crippen molar-refractivity contribution in [3.63, 3.8) is 0 Å². The van der Waals surface area contributed by atoms with E-state index in [2.05, 4.69) is 4.72 Å². The lowest BCUT2D eigenvalue weighted by atomic mass is 10.2. The van der Waals surface area contributed by atoms with Gasteiger partial charge in [-0.15, -0.1) is 0 Å². The standard InChI is InChI=1S/C15H15NO4S/c17-21(18,13-4-2-1-3-5-13)16-11-12-6-7-14-15(10-12)20-9-8-19-14/h1-7,10,16H,8-9,11H2. The third-order valence-electron chi connectivity index (χ3n) is 3.13. The lowest BCUT2D eigenvalue weighted by molar-refractivity contribution is 0.171. The molecule has 110 valence electrons. The van der Waals surface area contributed by atoms with Crippen molar-refractivity contribution in [3.05, 3.63) is 54.1 Å². The number of hydrogen-bond acceptors (Lipinski definition) is 4. The van der Waals surface area contributed by atoms with Gasteiger partial charge in [0.05, 0.1) is 4.90 Å². The average Bonchev–Trinajstić information content (AvgIpc) is 2.54. The van der Waals surface area contributed by atoms with Crippen LogP contribution in [0.4, 0.5) is 0 Å². The molecule has 21 heavy (non-hydrogen) atoms. The summed E-state index contributed by atoms with van der Waals surface area (Å²) >= 11 is 0. The predicted octanol–water partition coefficient (Wildman–Crippen LogP) is 1.94. The zero-order valence-corrected chi connectivity index (χ0v) is 12.1. The summed E-state index contributed by atoms with van der Waals surface area (Å²) in [4.78, 5) is 0.252. The van der Waals surface area contributed by atoms with E-state index in [4.69, 9.17) is 9.47 Å². The molecule has 1 N–H and O–H groups in total. The Morgan fingerprint density at radius 1 is 0.952 bits per heavy atom. The molecule has 1 heterocycles. The van der Waals surface area contributed by atoms with Crippen LogP contribution in [0, 0.1) is 0 Å². The lowest BCUT2D eigenvalue weighted by Gasteiger charge is -2.19. The number of fused-ring (bicyclic) bond motifs is 1. The van der Waals surface area contributed by atoms with Gasteiger partial charge in [-0.3, -0.25) is 0 Å². The van der Waals surface area contributed by atoms with E-state index in [1.165, 1.54) is 0 Å². The summed E-state index contributed by atoms with van der Waals surface area (Å²) in [5.74, 6) is 1.34. The highest BCUT2D eigenvalue weighted by Gasteiger charge is 2.15. The molecule has 0 aliphatic carbocycles. The maximum atomic E-state index is 12.1. The first-order valence-corrected chi connectivity index (χ1v) is 8.07. The molecule has 0 fully saturated rings. The number of hydrogen-bond donors (Lipinski definition) is 1. The fraction of sp³-hybridized carbons (Fsp3) is 0.200. The molecule has 6 heteroatoms. The van der Waals surface area contributed by atoms with Crippen LogP contribution in [0.2, 0.25) is 0 Å². The fourth-order valence-electron chi connectivity index (χ4n) is 2.06. The van der Waals surface area contributed by atoms with Gasteiger partial charge in [0, 0.05) is 6.54 Å². The largest absolute Gasteiger partial charge is 0.486 e. The summed E-state index contributed by atoms with van der Waals surface area (Å²) in [6, 6.07) is 13.7. The Morgan fingerprint density at radius 3 is 2.43 bits per heavy atom. The molecule has 1 aliphatic heterocycles. The van der Waals surface area contributed by atoms with E-state index in [0.29, 0.717) is 24.7 Å². The molecule has 0 aromatic heterocycles. The molecule has 2 aromatic carbocycles. The second kappa shape index (κ2) is 5.75. The Labute approximate surface area is 123 Å². The predicted molar refractivity (Wildman–Crippen MR) is 77.9 cm³/mol. The normalized spacial score (nSPS) is 13.9. The first-order valence-electron chi connectivity index (χ1n) is 6.58. The van der Waals surface area contributed by atoms with Gasteiger partial charge in [-0.1, -0.05) is 24.3 Å². The van der Waals surface area contributed by atoms with Crippen LogP contribution in [-0.2, 0) is 16.6 Å². The molecule has 0 amide bonds. The second-order valence-corrected chi connectivity index (χ2v) is 6.38. The van der Waals surface area contributed by atoms with Gasteiger partial charge < -0.3 is 9.47 Å². The van der Waals surface area contributed by atoms with Crippen LogP contribution < -0.4 is 14.2 Å². The van der Waals surface area contributed by atoms with Crippen LogP contribution in [0.25, 0.3) is 0 Å². The average molecular weight is 305 g/mol. The third kappa shape index (κ3) is 3.17. The maximum absolute atomic E-state index is 12.1. The van der Waals surface area contributed by atoms with E-state index in [9.17, 15) is 8.42 Å². The highest BCUT2D eigenvalue weighted by molar-refractivity contribution is 7.89. The third-order valence-corrected chi connectivity index (χ3v) is 4.54. The highest BCUT2D eigenvalue weighted by atomic mass is 32.2. The lowest BCUT2D eigenvalue weighted by Crippen LogP contribution is -2.23. The van der Waals surface area contributed by atoms with Crippen molar-refractivity contribution in [2.75, 3.05) is 13.2 Å². The van der Waals surface area contributed by atoms with Gasteiger partial charge in [0.15, 0.2) is 11.5 Å². The van der Waals surface area contributed by atoms with Crippen LogP contribution >= 0.6 is 0 Å². The Kier molecular flexibility index (Phi) is 3.81. The molecule has 0 saturated heterocycles. The molecule has 0 spiro atoms. The van der Waals surface area contributed by atoms with Gasteiger partial charge in [-0.2, -0.15) is 0 Å². The van der Waals surface area contributed by atoms with E-state index in [-0.39, 0.29) is 11.4 Å². The first kappa shape index (κ1) is 13.9. The minimum Gasteiger partial charge on any atom is -0.486 e. The first-order chi connectivity index (χ1) is 10.1. The van der Waals surface area contributed by atoms with Crippen molar-refractivity contribution >= 4 is 10.0 Å². The molecule has 0 atom stereocenters. The van der Waals surface area contributed by atoms with Crippen LogP contribution in [0.15, 0.2) is 53.4 Å². The number of nitrogens with one attached hydrogen (secondary N) is 1. The number of rotatable bonds is 4. The summed E-state index contributed by atoms with van der Waals surface area (Å²) in [7, 11) is -3.50. The molecule has 0 radical (unpaired) electrons. The SMILES string of the molecule is O=S(=O)(NCc1ccc2c(c1)OCCO2)c1ccccc1. The van der Waals surface area contributed by atoms with E-state index < -0.39 is 10.0 Å². The number of sulfonamides is 1. The van der Waals surface area contributed by atoms with Gasteiger partial charge >= 0.3 is 0 Å². The highest BCUT2D eigenvalue weighted by Crippen LogP contribution is 2.30. The Balaban J connectivity index is 1.73. The molecule has 2 aromatic rings. The summed E-state index contributed by atoms with van der Waals surface area (Å²) in [5, 5.41) is 0. The second-order valence-electron chi connectivity index (χ2n) is 4.62. The zero-order valence-electron chi connectivity index (χ0n) is 11.3. The van der Waals surface area contributed by atoms with Gasteiger partial charge in [0.2, 0.25) is 10.0 Å². The van der Waals surface area contributed by atoms with Crippen molar-refractivity contribution in [2.24, 2.45) is 0 Å². The van der Waals surface area contributed by atoms with Crippen LogP contribution in [0.3, 0.4) is 0 Å². The fourth-order valence-corrected chi connectivity index (χ4v) is 3.10. The number of ether oxygens (including phenoxy) is 2. The topological polar surface area (TPSA) is 64.6 Å². The van der Waals surface area contributed by atoms with Crippen LogP contribution in [0.5, 0.6) is 11.5 Å². The molecule has 0 saturated carbocycles. The van der Waals surface area contributed by atoms with Gasteiger partial charge in [0.1, 0.15) is 13.2 Å². The summed E-state index contributed by atoms with van der Waals surface area (Å²) < 4.78 is 37.7. The zero-order chi connectivity index (χ0) is 14.7. The van der Waals surface area contributed by atoms with Crippen molar-refractivity contribution in [1.29, 1.82) is 0 Å². The van der Waals surface area contributed by atoms with Crippen molar-refractivity contribution in [3.8, 4) is 11.5 Å². The summed E-state index contributed by atoms with van der Waals surface area (Å²) in [6.07, 6.45) is 0. The van der Waals surface area contributed by atoms with E-state index >= 15 is 0 Å². The molecule has 0 bridgehead atoms. The maximum Gasteiger partial charge on any atom is 0.240 e. The molecule has 0 unspecified atom stereocenters. The van der Waals surface area contributed by atoms with Gasteiger partial charge in [-0.05, 0) is 29.8 Å². The minimum absolute atomic E-state index is 0.202. The van der Waals surface area contributed by atoms with Crippen LogP contribution in [-0.4, -0.2) is 21.6 Å². The molecule has 5 nitrogen and oxygen atoms in total. The number of benzene rings is 2. The van der Waals surface area contributed by atoms with E-state index in [0.717, 1.165) is 5.56 Å². The molecular formula is C15H15NO4S. The molecular weight excluding hydrogens is 290 g/mol.